The van der Waals surface area contributed by atoms with Crippen molar-refractivity contribution in [3.8, 4) is 5.75 Å². The quantitative estimate of drug-likeness (QED) is 0.573. The second kappa shape index (κ2) is 5.26. The molecule has 1 atom stereocenters. The Morgan fingerprint density at radius 1 is 1.65 bits per heavy atom. The number of benzene rings is 1. The normalized spacial score (nSPS) is 11.9. The molecule has 0 amide bonds. The van der Waals surface area contributed by atoms with E-state index in [4.69, 9.17) is 15.6 Å². The molecule has 0 aromatic heterocycles. The van der Waals surface area contributed by atoms with Gasteiger partial charge in [-0.3, -0.25) is 14.9 Å². The first-order chi connectivity index (χ1) is 7.95. The van der Waals surface area contributed by atoms with Crippen LogP contribution in [0.4, 0.5) is 5.69 Å². The number of nitro benzene ring substituents is 1. The minimum Gasteiger partial charge on any atom is -0.496 e. The van der Waals surface area contributed by atoms with E-state index in [0.29, 0.717) is 11.3 Å². The van der Waals surface area contributed by atoms with Crippen LogP contribution in [-0.4, -0.2) is 29.2 Å². The third kappa shape index (κ3) is 3.15. The average Bonchev–Trinajstić information content (AvgIpc) is 2.28. The number of carboxylic acid groups (broad SMARTS) is 1. The molecular formula is C10H12N2O5. The van der Waals surface area contributed by atoms with Gasteiger partial charge >= 0.3 is 5.97 Å². The van der Waals surface area contributed by atoms with Crippen molar-refractivity contribution in [2.24, 2.45) is 5.73 Å². The van der Waals surface area contributed by atoms with Gasteiger partial charge in [-0.2, -0.15) is 0 Å². The zero-order valence-corrected chi connectivity index (χ0v) is 9.12. The van der Waals surface area contributed by atoms with Crippen molar-refractivity contribution in [1.29, 1.82) is 0 Å². The molecule has 0 saturated heterocycles. The molecule has 0 bridgehead atoms. The summed E-state index contributed by atoms with van der Waals surface area (Å²) in [5.41, 5.74) is 5.65. The molecule has 0 radical (unpaired) electrons. The van der Waals surface area contributed by atoms with Crippen molar-refractivity contribution in [3.63, 3.8) is 0 Å². The summed E-state index contributed by atoms with van der Waals surface area (Å²) in [6, 6.07) is 2.85. The van der Waals surface area contributed by atoms with Gasteiger partial charge in [0.15, 0.2) is 0 Å². The molecule has 1 rings (SSSR count). The third-order valence-corrected chi connectivity index (χ3v) is 2.23. The highest BCUT2D eigenvalue weighted by Gasteiger charge is 2.17. The lowest BCUT2D eigenvalue weighted by Gasteiger charge is -2.10. The second-order valence-electron chi connectivity index (χ2n) is 3.40. The number of hydrogen-bond acceptors (Lipinski definition) is 5. The number of methoxy groups -OCH3 is 1. The first-order valence-corrected chi connectivity index (χ1v) is 4.75. The van der Waals surface area contributed by atoms with E-state index in [1.165, 1.54) is 25.3 Å². The number of carbonyl (C=O) groups is 1. The highest BCUT2D eigenvalue weighted by Crippen LogP contribution is 2.24. The van der Waals surface area contributed by atoms with Crippen molar-refractivity contribution in [2.75, 3.05) is 7.11 Å². The minimum atomic E-state index is -1.17. The van der Waals surface area contributed by atoms with Crippen molar-refractivity contribution >= 4 is 11.7 Å². The molecule has 1 aromatic rings. The van der Waals surface area contributed by atoms with Gasteiger partial charge in [-0.05, 0) is 6.07 Å². The number of carboxylic acids is 1. The van der Waals surface area contributed by atoms with Crippen LogP contribution in [0.3, 0.4) is 0 Å². The number of non-ortho nitro benzene ring substituents is 1. The summed E-state index contributed by atoms with van der Waals surface area (Å²) in [5, 5.41) is 19.3. The van der Waals surface area contributed by atoms with Crippen molar-refractivity contribution in [3.05, 3.63) is 33.9 Å². The van der Waals surface area contributed by atoms with Gasteiger partial charge in [0.25, 0.3) is 5.69 Å². The first kappa shape index (κ1) is 12.9. The van der Waals surface area contributed by atoms with Crippen LogP contribution in [0.25, 0.3) is 0 Å². The Balaban J connectivity index is 3.06. The average molecular weight is 240 g/mol. The predicted molar refractivity (Wildman–Crippen MR) is 59.0 cm³/mol. The van der Waals surface area contributed by atoms with E-state index < -0.39 is 16.9 Å². The molecule has 17 heavy (non-hydrogen) atoms. The van der Waals surface area contributed by atoms with Crippen molar-refractivity contribution in [1.82, 2.24) is 0 Å². The summed E-state index contributed by atoms with van der Waals surface area (Å²) in [4.78, 5) is 20.7. The second-order valence-corrected chi connectivity index (χ2v) is 3.40. The maximum Gasteiger partial charge on any atom is 0.320 e. The number of nitrogens with two attached hydrogens (primary N) is 1. The Morgan fingerprint density at radius 3 is 2.76 bits per heavy atom. The molecule has 0 heterocycles. The molecule has 92 valence electrons. The standard InChI is InChI=1S/C10H12N2O5/c1-17-9-3-2-7(12(15)16)4-6(9)5-8(11)10(13)14/h2-4,8H,5,11H2,1H3,(H,13,14)/t8-/m0/s1. The molecule has 1 aromatic carbocycles. The van der Waals surface area contributed by atoms with Crippen LogP contribution in [0.2, 0.25) is 0 Å². The topological polar surface area (TPSA) is 116 Å². The van der Waals surface area contributed by atoms with Crippen LogP contribution < -0.4 is 10.5 Å². The number of aliphatic carboxylic acids is 1. The maximum absolute atomic E-state index is 10.6. The van der Waals surface area contributed by atoms with E-state index in [-0.39, 0.29) is 12.1 Å². The lowest BCUT2D eigenvalue weighted by atomic mass is 10.0. The van der Waals surface area contributed by atoms with Gasteiger partial charge in [-0.15, -0.1) is 0 Å². The van der Waals surface area contributed by atoms with Gasteiger partial charge in [-0.25, -0.2) is 0 Å². The zero-order valence-electron chi connectivity index (χ0n) is 9.12. The van der Waals surface area contributed by atoms with Crippen LogP contribution in [0.5, 0.6) is 5.75 Å². The van der Waals surface area contributed by atoms with Crippen LogP contribution in [-0.2, 0) is 11.2 Å². The molecule has 7 nitrogen and oxygen atoms in total. The Bertz CT molecular complexity index is 446. The van der Waals surface area contributed by atoms with Gasteiger partial charge in [0.2, 0.25) is 0 Å². The highest BCUT2D eigenvalue weighted by atomic mass is 16.6. The van der Waals surface area contributed by atoms with E-state index in [2.05, 4.69) is 0 Å². The fourth-order valence-electron chi connectivity index (χ4n) is 1.36. The van der Waals surface area contributed by atoms with Crippen LogP contribution >= 0.6 is 0 Å². The summed E-state index contributed by atoms with van der Waals surface area (Å²) in [6.45, 7) is 0. The molecule has 0 fully saturated rings. The van der Waals surface area contributed by atoms with Gasteiger partial charge in [0.1, 0.15) is 11.8 Å². The Morgan fingerprint density at radius 2 is 2.29 bits per heavy atom. The molecule has 0 aliphatic heterocycles. The van der Waals surface area contributed by atoms with Crippen molar-refractivity contribution < 1.29 is 19.6 Å². The number of ether oxygens (including phenoxy) is 1. The van der Waals surface area contributed by atoms with Crippen LogP contribution in [0.15, 0.2) is 18.2 Å². The predicted octanol–water partition coefficient (Wildman–Crippen LogP) is 0.558. The maximum atomic E-state index is 10.6. The monoisotopic (exact) mass is 240 g/mol. The van der Waals surface area contributed by atoms with Gasteiger partial charge in [0, 0.05) is 24.1 Å². The zero-order chi connectivity index (χ0) is 13.0. The molecule has 0 spiro atoms. The lowest BCUT2D eigenvalue weighted by molar-refractivity contribution is -0.384. The fraction of sp³-hybridized carbons (Fsp3) is 0.300. The summed E-state index contributed by atoms with van der Waals surface area (Å²) in [7, 11) is 1.40. The molecule has 0 unspecified atom stereocenters. The molecule has 3 N–H and O–H groups in total. The number of rotatable bonds is 5. The summed E-state index contributed by atoms with van der Waals surface area (Å²) < 4.78 is 4.99. The lowest BCUT2D eigenvalue weighted by Crippen LogP contribution is -2.32. The number of nitrogens with zero attached hydrogens (tertiary/aromatic N) is 1. The van der Waals surface area contributed by atoms with Gasteiger partial charge < -0.3 is 15.6 Å². The number of nitro groups is 1. The smallest absolute Gasteiger partial charge is 0.320 e. The van der Waals surface area contributed by atoms with E-state index in [1.54, 1.807) is 0 Å². The van der Waals surface area contributed by atoms with E-state index in [9.17, 15) is 14.9 Å². The Labute approximate surface area is 97.0 Å². The van der Waals surface area contributed by atoms with Gasteiger partial charge in [-0.1, -0.05) is 0 Å². The Kier molecular flexibility index (Phi) is 4.00. The molecule has 0 aliphatic carbocycles. The molecule has 7 heteroatoms. The molecule has 0 saturated carbocycles. The third-order valence-electron chi connectivity index (χ3n) is 2.23. The Hall–Kier alpha value is -2.15. The fourth-order valence-corrected chi connectivity index (χ4v) is 1.36. The van der Waals surface area contributed by atoms with E-state index in [0.717, 1.165) is 0 Å². The van der Waals surface area contributed by atoms with Crippen molar-refractivity contribution in [2.45, 2.75) is 12.5 Å². The summed E-state index contributed by atoms with van der Waals surface area (Å²) in [5.74, 6) is -0.786. The van der Waals surface area contributed by atoms with Crippen LogP contribution in [0, 0.1) is 10.1 Å². The van der Waals surface area contributed by atoms with Crippen LogP contribution in [0.1, 0.15) is 5.56 Å². The SMILES string of the molecule is COc1ccc([N+](=O)[O-])cc1C[C@H](N)C(=O)O. The molecule has 0 aliphatic rings. The minimum absolute atomic E-state index is 0.0276. The first-order valence-electron chi connectivity index (χ1n) is 4.75. The molecular weight excluding hydrogens is 228 g/mol. The summed E-state index contributed by atoms with van der Waals surface area (Å²) >= 11 is 0. The largest absolute Gasteiger partial charge is 0.496 e. The number of hydrogen-bond donors (Lipinski definition) is 2. The van der Waals surface area contributed by atoms with Gasteiger partial charge in [0.05, 0.1) is 12.0 Å². The van der Waals surface area contributed by atoms with E-state index in [1.807, 2.05) is 0 Å². The summed E-state index contributed by atoms with van der Waals surface area (Å²) in [6.07, 6.45) is -0.0276. The highest BCUT2D eigenvalue weighted by molar-refractivity contribution is 5.73. The van der Waals surface area contributed by atoms with E-state index >= 15 is 0 Å².